The summed E-state index contributed by atoms with van der Waals surface area (Å²) in [7, 11) is 0. The fraction of sp³-hybridized carbons (Fsp3) is 0.400. The number of likely N-dealkylation sites (tertiary alicyclic amines) is 1. The van der Waals surface area contributed by atoms with Gasteiger partial charge in [-0.25, -0.2) is 0 Å². The van der Waals surface area contributed by atoms with E-state index in [1.807, 2.05) is 0 Å². The van der Waals surface area contributed by atoms with Crippen LogP contribution >= 0.6 is 0 Å². The fourth-order valence-corrected chi connectivity index (χ4v) is 4.35. The number of primary amides is 1. The zero-order valence-corrected chi connectivity index (χ0v) is 20.0. The summed E-state index contributed by atoms with van der Waals surface area (Å²) < 4.78 is 80.1. The molecule has 1 heterocycles. The number of benzene rings is 2. The van der Waals surface area contributed by atoms with Crippen LogP contribution in [0.5, 0.6) is 0 Å². The molecule has 2 unspecified atom stereocenters. The van der Waals surface area contributed by atoms with E-state index in [1.165, 1.54) is 4.90 Å². The van der Waals surface area contributed by atoms with Gasteiger partial charge in [0, 0.05) is 24.2 Å². The normalized spacial score (nSPS) is 18.2. The third-order valence-electron chi connectivity index (χ3n) is 6.08. The van der Waals surface area contributed by atoms with Crippen LogP contribution in [-0.2, 0) is 28.4 Å². The molecule has 13 heteroatoms. The number of amides is 3. The summed E-state index contributed by atoms with van der Waals surface area (Å²) in [4.78, 5) is 37.7. The number of halogens is 6. The highest BCUT2D eigenvalue weighted by Crippen LogP contribution is 2.37. The van der Waals surface area contributed by atoms with Crippen LogP contribution in [0.25, 0.3) is 0 Å². The molecule has 3 amide bonds. The van der Waals surface area contributed by atoms with Gasteiger partial charge in [0.05, 0.1) is 24.2 Å². The molecule has 0 saturated carbocycles. The molecule has 0 radical (unpaired) electrons. The molecule has 0 bridgehead atoms. The Morgan fingerprint density at radius 1 is 0.921 bits per heavy atom. The molecule has 206 valence electrons. The van der Waals surface area contributed by atoms with Crippen molar-refractivity contribution in [2.75, 3.05) is 19.6 Å². The van der Waals surface area contributed by atoms with Gasteiger partial charge in [0.15, 0.2) is 0 Å². The highest BCUT2D eigenvalue weighted by atomic mass is 19.4. The number of carbonyl (C=O) groups is 3. The molecular formula is C25H26F6N4O3. The summed E-state index contributed by atoms with van der Waals surface area (Å²) in [6.07, 6.45) is -9.46. The molecule has 1 fully saturated rings. The molecule has 4 N–H and O–H groups in total. The van der Waals surface area contributed by atoms with Gasteiger partial charge < -0.3 is 16.0 Å². The third kappa shape index (κ3) is 7.94. The van der Waals surface area contributed by atoms with Crippen molar-refractivity contribution in [1.82, 2.24) is 15.5 Å². The first-order chi connectivity index (χ1) is 17.7. The van der Waals surface area contributed by atoms with Crippen molar-refractivity contribution in [2.24, 2.45) is 5.73 Å². The number of hydrogen-bond acceptors (Lipinski definition) is 4. The number of nitrogens with one attached hydrogen (secondary N) is 2. The zero-order valence-electron chi connectivity index (χ0n) is 20.0. The highest BCUT2D eigenvalue weighted by Gasteiger charge is 2.39. The molecule has 2 aromatic rings. The van der Waals surface area contributed by atoms with Crippen molar-refractivity contribution >= 4 is 17.7 Å². The van der Waals surface area contributed by atoms with Gasteiger partial charge in [-0.3, -0.25) is 19.7 Å². The van der Waals surface area contributed by atoms with E-state index in [9.17, 15) is 40.7 Å². The second-order valence-corrected chi connectivity index (χ2v) is 9.00. The molecule has 0 aromatic heterocycles. The second kappa shape index (κ2) is 11.8. The van der Waals surface area contributed by atoms with Crippen molar-refractivity contribution < 1.29 is 40.7 Å². The van der Waals surface area contributed by atoms with Crippen molar-refractivity contribution in [3.05, 3.63) is 70.8 Å². The van der Waals surface area contributed by atoms with E-state index >= 15 is 0 Å². The van der Waals surface area contributed by atoms with Gasteiger partial charge >= 0.3 is 12.4 Å². The van der Waals surface area contributed by atoms with E-state index in [1.54, 1.807) is 30.3 Å². The Bertz CT molecular complexity index is 1120. The quantitative estimate of drug-likeness (QED) is 0.445. The molecule has 3 rings (SSSR count). The van der Waals surface area contributed by atoms with Crippen LogP contribution in [0.15, 0.2) is 48.5 Å². The molecule has 2 aromatic carbocycles. The summed E-state index contributed by atoms with van der Waals surface area (Å²) in [5.74, 6) is -2.03. The number of rotatable bonds is 8. The lowest BCUT2D eigenvalue weighted by Gasteiger charge is -2.40. The van der Waals surface area contributed by atoms with Crippen LogP contribution in [0.2, 0.25) is 0 Å². The van der Waals surface area contributed by atoms with Crippen molar-refractivity contribution in [1.29, 1.82) is 0 Å². The van der Waals surface area contributed by atoms with Crippen LogP contribution in [-0.4, -0.2) is 54.3 Å². The Balaban J connectivity index is 1.85. The predicted molar refractivity (Wildman–Crippen MR) is 125 cm³/mol. The number of nitrogens with two attached hydrogens (primary N) is 1. The second-order valence-electron chi connectivity index (χ2n) is 9.00. The number of hydrogen-bond donors (Lipinski definition) is 3. The summed E-state index contributed by atoms with van der Waals surface area (Å²) in [6.45, 7) is -0.391. The molecule has 1 aliphatic rings. The molecule has 2 atom stereocenters. The minimum atomic E-state index is -5.08. The van der Waals surface area contributed by atoms with Gasteiger partial charge in [-0.2, -0.15) is 26.3 Å². The predicted octanol–water partition coefficient (Wildman–Crippen LogP) is 3.13. The molecule has 1 saturated heterocycles. The Morgan fingerprint density at radius 3 is 2.08 bits per heavy atom. The molecule has 38 heavy (non-hydrogen) atoms. The minimum Gasteiger partial charge on any atom is -0.369 e. The minimum absolute atomic E-state index is 0.00636. The lowest BCUT2D eigenvalue weighted by Crippen LogP contribution is -2.53. The van der Waals surface area contributed by atoms with Gasteiger partial charge in [0.1, 0.15) is 0 Å². The summed E-state index contributed by atoms with van der Waals surface area (Å²) in [5, 5.41) is 5.35. The average molecular weight is 544 g/mol. The maximum Gasteiger partial charge on any atom is 0.416 e. The van der Waals surface area contributed by atoms with E-state index in [0.29, 0.717) is 12.1 Å². The van der Waals surface area contributed by atoms with Crippen LogP contribution in [0.1, 0.15) is 39.9 Å². The van der Waals surface area contributed by atoms with E-state index in [2.05, 4.69) is 10.6 Å². The van der Waals surface area contributed by atoms with Crippen LogP contribution in [0.4, 0.5) is 26.3 Å². The molecule has 0 spiro atoms. The van der Waals surface area contributed by atoms with Gasteiger partial charge in [-0.1, -0.05) is 30.3 Å². The Kier molecular flexibility index (Phi) is 9.02. The van der Waals surface area contributed by atoms with Gasteiger partial charge in [0.25, 0.3) is 5.91 Å². The summed E-state index contributed by atoms with van der Waals surface area (Å²) >= 11 is 0. The van der Waals surface area contributed by atoms with Gasteiger partial charge in [-0.05, 0) is 43.0 Å². The van der Waals surface area contributed by atoms with E-state index in [4.69, 9.17) is 5.73 Å². The molecular weight excluding hydrogens is 518 g/mol. The first kappa shape index (κ1) is 29.0. The number of alkyl halides is 6. The standard InChI is InChI=1S/C25H26F6N4O3/c26-24(27,28)17-9-16(10-18(11-17)25(29,30)31)23(38)35-7-6-19(34-22(37)14-33-13-21(32)36)12-20(35)8-15-4-2-1-3-5-15/h1-5,9-11,19-20,33H,6-8,12-14H2,(H2,32,36)(H,34,37). The van der Waals surface area contributed by atoms with Crippen LogP contribution in [0.3, 0.4) is 0 Å². The maximum atomic E-state index is 13.3. The topological polar surface area (TPSA) is 105 Å². The highest BCUT2D eigenvalue weighted by molar-refractivity contribution is 5.95. The largest absolute Gasteiger partial charge is 0.416 e. The Labute approximate surface area is 214 Å². The van der Waals surface area contributed by atoms with Crippen LogP contribution in [0, 0.1) is 0 Å². The monoisotopic (exact) mass is 544 g/mol. The molecule has 0 aliphatic carbocycles. The average Bonchev–Trinajstić information content (AvgIpc) is 2.83. The van der Waals surface area contributed by atoms with E-state index < -0.39 is 58.8 Å². The third-order valence-corrected chi connectivity index (χ3v) is 6.08. The molecule has 7 nitrogen and oxygen atoms in total. The summed E-state index contributed by atoms with van der Waals surface area (Å²) in [5.41, 5.74) is 1.96. The first-order valence-electron chi connectivity index (χ1n) is 11.7. The lowest BCUT2D eigenvalue weighted by molar-refractivity contribution is -0.143. The fourth-order valence-electron chi connectivity index (χ4n) is 4.35. The summed E-state index contributed by atoms with van der Waals surface area (Å²) in [6, 6.07) is 8.66. The van der Waals surface area contributed by atoms with Gasteiger partial charge in [0.2, 0.25) is 11.8 Å². The first-order valence-corrected chi connectivity index (χ1v) is 11.7. The van der Waals surface area contributed by atoms with Crippen LogP contribution < -0.4 is 16.4 Å². The van der Waals surface area contributed by atoms with E-state index in [-0.39, 0.29) is 45.0 Å². The van der Waals surface area contributed by atoms with Crippen molar-refractivity contribution in [3.63, 3.8) is 0 Å². The van der Waals surface area contributed by atoms with E-state index in [0.717, 1.165) is 5.56 Å². The zero-order chi connectivity index (χ0) is 28.1. The van der Waals surface area contributed by atoms with Crippen molar-refractivity contribution in [3.8, 4) is 0 Å². The number of piperidine rings is 1. The SMILES string of the molecule is NC(=O)CNCC(=O)NC1CCN(C(=O)c2cc(C(F)(F)F)cc(C(F)(F)F)c2)C(Cc2ccccc2)C1. The Morgan fingerprint density at radius 2 is 1.53 bits per heavy atom. The van der Waals surface area contributed by atoms with Gasteiger partial charge in [-0.15, -0.1) is 0 Å². The number of nitrogens with zero attached hydrogens (tertiary/aromatic N) is 1. The maximum absolute atomic E-state index is 13.3. The lowest BCUT2D eigenvalue weighted by atomic mass is 9.91. The molecule has 1 aliphatic heterocycles. The Hall–Kier alpha value is -3.61. The number of carbonyl (C=O) groups excluding carboxylic acids is 3. The smallest absolute Gasteiger partial charge is 0.369 e. The van der Waals surface area contributed by atoms with Crippen molar-refractivity contribution in [2.45, 2.75) is 43.7 Å².